The van der Waals surface area contributed by atoms with Crippen LogP contribution in [0.2, 0.25) is 5.02 Å². The quantitative estimate of drug-likeness (QED) is 0.299. The minimum absolute atomic E-state index is 0. The van der Waals surface area contributed by atoms with Gasteiger partial charge in [-0.3, -0.25) is 9.89 Å². The molecule has 1 aromatic rings. The second-order valence-corrected chi connectivity index (χ2v) is 7.47. The zero-order valence-corrected chi connectivity index (χ0v) is 20.7. The molecule has 1 aromatic carbocycles. The lowest BCUT2D eigenvalue weighted by molar-refractivity contribution is 0.181. The molecule has 28 heavy (non-hydrogen) atoms. The number of ether oxygens (including phenoxy) is 1. The highest BCUT2D eigenvalue weighted by molar-refractivity contribution is 14.0. The molecule has 0 radical (unpaired) electrons. The van der Waals surface area contributed by atoms with E-state index in [0.717, 1.165) is 62.4 Å². The summed E-state index contributed by atoms with van der Waals surface area (Å²) < 4.78 is 5.52. The Kier molecular flexibility index (Phi) is 12.4. The maximum Gasteiger partial charge on any atom is 0.193 e. The van der Waals surface area contributed by atoms with E-state index in [4.69, 9.17) is 21.3 Å². The standard InChI is InChI=1S/C21H35ClN4O.HI/c1-5-23-21(25(4)15-17-12-13-27-16-17)24-14-20(26(6-2)7-3)18-10-8-9-11-19(18)22;/h8-11,17,20H,5-7,12-16H2,1-4H3,(H,23,24);1H. The van der Waals surface area contributed by atoms with Crippen LogP contribution in [0.4, 0.5) is 0 Å². The molecule has 2 atom stereocenters. The van der Waals surface area contributed by atoms with Crippen molar-refractivity contribution in [1.82, 2.24) is 15.1 Å². The fourth-order valence-corrected chi connectivity index (χ4v) is 3.93. The first-order valence-corrected chi connectivity index (χ1v) is 10.5. The fraction of sp³-hybridized carbons (Fsp3) is 0.667. The monoisotopic (exact) mass is 522 g/mol. The van der Waals surface area contributed by atoms with E-state index in [2.05, 4.69) is 55.1 Å². The molecule has 5 nitrogen and oxygen atoms in total. The molecular weight excluding hydrogens is 487 g/mol. The Morgan fingerprint density at radius 1 is 1.29 bits per heavy atom. The molecule has 1 aliphatic rings. The zero-order valence-electron chi connectivity index (χ0n) is 17.7. The molecule has 2 rings (SSSR count). The Morgan fingerprint density at radius 3 is 2.57 bits per heavy atom. The van der Waals surface area contributed by atoms with Gasteiger partial charge in [-0.05, 0) is 38.1 Å². The number of hydrogen-bond donors (Lipinski definition) is 1. The van der Waals surface area contributed by atoms with Crippen LogP contribution in [0.15, 0.2) is 29.3 Å². The molecule has 1 aliphatic heterocycles. The lowest BCUT2D eigenvalue weighted by Gasteiger charge is -2.31. The van der Waals surface area contributed by atoms with Gasteiger partial charge in [-0.25, -0.2) is 0 Å². The van der Waals surface area contributed by atoms with Crippen molar-refractivity contribution < 1.29 is 4.74 Å². The highest BCUT2D eigenvalue weighted by Crippen LogP contribution is 2.27. The number of nitrogens with one attached hydrogen (secondary N) is 1. The van der Waals surface area contributed by atoms with Gasteiger partial charge in [-0.1, -0.05) is 43.6 Å². The molecular formula is C21H36ClIN4O. The molecule has 1 saturated heterocycles. The van der Waals surface area contributed by atoms with Gasteiger partial charge >= 0.3 is 0 Å². The van der Waals surface area contributed by atoms with Crippen LogP contribution >= 0.6 is 35.6 Å². The van der Waals surface area contributed by atoms with Gasteiger partial charge in [0.15, 0.2) is 5.96 Å². The predicted molar refractivity (Wildman–Crippen MR) is 130 cm³/mol. The van der Waals surface area contributed by atoms with Gasteiger partial charge in [0.05, 0.1) is 19.2 Å². The van der Waals surface area contributed by atoms with E-state index in [0.29, 0.717) is 12.5 Å². The zero-order chi connectivity index (χ0) is 19.6. The third-order valence-electron chi connectivity index (χ3n) is 5.18. The van der Waals surface area contributed by atoms with Crippen molar-refractivity contribution in [3.63, 3.8) is 0 Å². The fourth-order valence-electron chi connectivity index (χ4n) is 3.66. The average Bonchev–Trinajstić information content (AvgIpc) is 3.17. The van der Waals surface area contributed by atoms with Gasteiger partial charge < -0.3 is 15.0 Å². The molecule has 2 unspecified atom stereocenters. The Balaban J connectivity index is 0.00000392. The summed E-state index contributed by atoms with van der Waals surface area (Å²) in [6.07, 6.45) is 1.13. The molecule has 160 valence electrons. The maximum absolute atomic E-state index is 6.51. The van der Waals surface area contributed by atoms with Gasteiger partial charge in [0.25, 0.3) is 0 Å². The highest BCUT2D eigenvalue weighted by atomic mass is 127. The minimum Gasteiger partial charge on any atom is -0.381 e. The summed E-state index contributed by atoms with van der Waals surface area (Å²) in [6.45, 7) is 12.6. The molecule has 7 heteroatoms. The molecule has 0 bridgehead atoms. The first kappa shape index (κ1) is 25.5. The summed E-state index contributed by atoms with van der Waals surface area (Å²) in [4.78, 5) is 9.63. The van der Waals surface area contributed by atoms with Crippen molar-refractivity contribution in [2.75, 3.05) is 53.0 Å². The summed E-state index contributed by atoms with van der Waals surface area (Å²) in [7, 11) is 2.11. The van der Waals surface area contributed by atoms with Crippen LogP contribution in [0.25, 0.3) is 0 Å². The summed E-state index contributed by atoms with van der Waals surface area (Å²) in [5.41, 5.74) is 1.15. The SMILES string of the molecule is CCNC(=NCC(c1ccccc1Cl)N(CC)CC)N(C)CC1CCOC1.I. The van der Waals surface area contributed by atoms with E-state index in [-0.39, 0.29) is 30.0 Å². The molecule has 0 amide bonds. The summed E-state index contributed by atoms with van der Waals surface area (Å²) >= 11 is 6.51. The molecule has 1 N–H and O–H groups in total. The van der Waals surface area contributed by atoms with E-state index in [9.17, 15) is 0 Å². The van der Waals surface area contributed by atoms with E-state index in [1.165, 1.54) is 0 Å². The number of likely N-dealkylation sites (N-methyl/N-ethyl adjacent to an activating group) is 1. The largest absolute Gasteiger partial charge is 0.381 e. The Labute approximate surface area is 192 Å². The van der Waals surface area contributed by atoms with E-state index < -0.39 is 0 Å². The van der Waals surface area contributed by atoms with Crippen LogP contribution in [-0.2, 0) is 4.74 Å². The average molecular weight is 523 g/mol. The molecule has 0 saturated carbocycles. The number of halogens is 2. The maximum atomic E-state index is 6.51. The second kappa shape index (κ2) is 13.6. The van der Waals surface area contributed by atoms with Crippen LogP contribution in [0.3, 0.4) is 0 Å². The smallest absolute Gasteiger partial charge is 0.193 e. The summed E-state index contributed by atoms with van der Waals surface area (Å²) in [5, 5.41) is 4.25. The molecule has 1 heterocycles. The first-order valence-electron chi connectivity index (χ1n) is 10.2. The van der Waals surface area contributed by atoms with Crippen LogP contribution < -0.4 is 5.32 Å². The lowest BCUT2D eigenvalue weighted by atomic mass is 10.1. The van der Waals surface area contributed by atoms with Crippen LogP contribution in [-0.4, -0.2) is 68.7 Å². The van der Waals surface area contributed by atoms with Crippen LogP contribution in [0.1, 0.15) is 38.8 Å². The van der Waals surface area contributed by atoms with E-state index in [1.807, 2.05) is 12.1 Å². The highest BCUT2D eigenvalue weighted by Gasteiger charge is 2.22. The van der Waals surface area contributed by atoms with Gasteiger partial charge in [-0.15, -0.1) is 24.0 Å². The number of benzene rings is 1. The van der Waals surface area contributed by atoms with Gasteiger partial charge in [0.2, 0.25) is 0 Å². The minimum atomic E-state index is 0. The lowest BCUT2D eigenvalue weighted by Crippen LogP contribution is -2.42. The molecule has 1 fully saturated rings. The number of aliphatic imine (C=N–C) groups is 1. The van der Waals surface area contributed by atoms with Crippen molar-refractivity contribution in [2.45, 2.75) is 33.2 Å². The Morgan fingerprint density at radius 2 is 2.00 bits per heavy atom. The molecule has 0 spiro atoms. The number of nitrogens with zero attached hydrogens (tertiary/aromatic N) is 3. The topological polar surface area (TPSA) is 40.1 Å². The van der Waals surface area contributed by atoms with Crippen molar-refractivity contribution in [1.29, 1.82) is 0 Å². The van der Waals surface area contributed by atoms with Crippen LogP contribution in [0, 0.1) is 5.92 Å². The summed E-state index contributed by atoms with van der Waals surface area (Å²) in [5.74, 6) is 1.54. The Bertz CT molecular complexity index is 592. The van der Waals surface area contributed by atoms with Crippen molar-refractivity contribution in [3.8, 4) is 0 Å². The summed E-state index contributed by atoms with van der Waals surface area (Å²) in [6, 6.07) is 8.29. The van der Waals surface area contributed by atoms with E-state index >= 15 is 0 Å². The van der Waals surface area contributed by atoms with Crippen molar-refractivity contribution >= 4 is 41.5 Å². The van der Waals surface area contributed by atoms with Gasteiger partial charge in [0.1, 0.15) is 0 Å². The number of rotatable bonds is 9. The Hall–Kier alpha value is -0.570. The van der Waals surface area contributed by atoms with Gasteiger partial charge in [-0.2, -0.15) is 0 Å². The third kappa shape index (κ3) is 7.35. The van der Waals surface area contributed by atoms with Crippen molar-refractivity contribution in [2.24, 2.45) is 10.9 Å². The number of guanidine groups is 1. The number of hydrogen-bond acceptors (Lipinski definition) is 3. The normalized spacial score (nSPS) is 18.1. The van der Waals surface area contributed by atoms with Crippen LogP contribution in [0.5, 0.6) is 0 Å². The molecule has 0 aliphatic carbocycles. The van der Waals surface area contributed by atoms with E-state index in [1.54, 1.807) is 0 Å². The second-order valence-electron chi connectivity index (χ2n) is 7.06. The molecule has 0 aromatic heterocycles. The predicted octanol–water partition coefficient (Wildman–Crippen LogP) is 4.27. The van der Waals surface area contributed by atoms with Gasteiger partial charge in [0, 0.05) is 37.7 Å². The third-order valence-corrected chi connectivity index (χ3v) is 5.53. The van der Waals surface area contributed by atoms with Crippen molar-refractivity contribution in [3.05, 3.63) is 34.9 Å². The first-order chi connectivity index (χ1) is 13.1.